The zero-order valence-electron chi connectivity index (χ0n) is 7.93. The average Bonchev–Trinajstić information content (AvgIpc) is 2.56. The largest absolute Gasteiger partial charge is 0.327 e. The van der Waals surface area contributed by atoms with Crippen molar-refractivity contribution < 1.29 is 4.79 Å². The standard InChI is InChI=1S/C7H13N5OS/c1-2-3-5(8)4-6(13)9-7-10-11-12-14-7/h5H,2-4,8H2,1H3,(H,9,10,12,13). The van der Waals surface area contributed by atoms with Gasteiger partial charge in [-0.15, -0.1) is 0 Å². The first-order chi connectivity index (χ1) is 6.72. The van der Waals surface area contributed by atoms with E-state index in [1.165, 1.54) is 0 Å². The molecule has 1 unspecified atom stereocenters. The highest BCUT2D eigenvalue weighted by Gasteiger charge is 2.10. The summed E-state index contributed by atoms with van der Waals surface area (Å²) in [5.41, 5.74) is 5.70. The van der Waals surface area contributed by atoms with Crippen molar-refractivity contribution in [2.75, 3.05) is 5.32 Å². The third-order valence-electron chi connectivity index (χ3n) is 1.65. The number of amides is 1. The number of nitrogens with two attached hydrogens (primary N) is 1. The summed E-state index contributed by atoms with van der Waals surface area (Å²) >= 11 is 1.05. The number of nitrogens with zero attached hydrogens (tertiary/aromatic N) is 3. The number of rotatable bonds is 5. The molecule has 0 aliphatic rings. The van der Waals surface area contributed by atoms with Crippen molar-refractivity contribution in [3.63, 3.8) is 0 Å². The number of carbonyl (C=O) groups excluding carboxylic acids is 1. The summed E-state index contributed by atoms with van der Waals surface area (Å²) in [4.78, 5) is 11.3. The fraction of sp³-hybridized carbons (Fsp3) is 0.714. The summed E-state index contributed by atoms with van der Waals surface area (Å²) in [5, 5.41) is 9.95. The molecule has 0 spiro atoms. The van der Waals surface area contributed by atoms with E-state index < -0.39 is 0 Å². The molecule has 1 amide bonds. The van der Waals surface area contributed by atoms with Crippen molar-refractivity contribution in [2.24, 2.45) is 5.73 Å². The number of aromatic nitrogens is 3. The zero-order valence-corrected chi connectivity index (χ0v) is 8.75. The molecule has 1 aromatic heterocycles. The normalized spacial score (nSPS) is 12.4. The molecule has 3 N–H and O–H groups in total. The van der Waals surface area contributed by atoms with E-state index in [4.69, 9.17) is 5.73 Å². The molecule has 14 heavy (non-hydrogen) atoms. The van der Waals surface area contributed by atoms with Gasteiger partial charge in [0.05, 0.1) is 0 Å². The van der Waals surface area contributed by atoms with Crippen LogP contribution in [0.3, 0.4) is 0 Å². The van der Waals surface area contributed by atoms with Crippen LogP contribution in [0.25, 0.3) is 0 Å². The summed E-state index contributed by atoms with van der Waals surface area (Å²) in [7, 11) is 0. The lowest BCUT2D eigenvalue weighted by Gasteiger charge is -2.08. The van der Waals surface area contributed by atoms with Crippen LogP contribution in [-0.2, 0) is 4.79 Å². The number of hydrogen-bond acceptors (Lipinski definition) is 6. The first-order valence-corrected chi connectivity index (χ1v) is 5.20. The molecule has 1 aromatic rings. The summed E-state index contributed by atoms with van der Waals surface area (Å²) in [5.74, 6) is -0.135. The molecular formula is C7H13N5OS. The van der Waals surface area contributed by atoms with Gasteiger partial charge in [-0.1, -0.05) is 22.9 Å². The minimum atomic E-state index is -0.135. The molecule has 78 valence electrons. The average molecular weight is 215 g/mol. The Morgan fingerprint density at radius 1 is 1.71 bits per heavy atom. The van der Waals surface area contributed by atoms with Crippen molar-refractivity contribution in [2.45, 2.75) is 32.2 Å². The van der Waals surface area contributed by atoms with E-state index in [1.54, 1.807) is 0 Å². The molecule has 6 nitrogen and oxygen atoms in total. The lowest BCUT2D eigenvalue weighted by molar-refractivity contribution is -0.116. The number of anilines is 1. The second kappa shape index (κ2) is 5.61. The Balaban J connectivity index is 2.29. The molecule has 0 aliphatic heterocycles. The molecule has 0 radical (unpaired) electrons. The maximum atomic E-state index is 11.3. The second-order valence-corrected chi connectivity index (χ2v) is 3.70. The fourth-order valence-electron chi connectivity index (χ4n) is 1.06. The minimum Gasteiger partial charge on any atom is -0.327 e. The summed E-state index contributed by atoms with van der Waals surface area (Å²) in [6, 6.07) is -0.0825. The lowest BCUT2D eigenvalue weighted by atomic mass is 10.1. The van der Waals surface area contributed by atoms with Crippen LogP contribution >= 0.6 is 11.5 Å². The highest BCUT2D eigenvalue weighted by Crippen LogP contribution is 2.06. The maximum absolute atomic E-state index is 11.3. The predicted octanol–water partition coefficient (Wildman–Crippen LogP) is 0.389. The Morgan fingerprint density at radius 2 is 2.50 bits per heavy atom. The minimum absolute atomic E-state index is 0.0825. The first-order valence-electron chi connectivity index (χ1n) is 4.42. The number of nitrogens with one attached hydrogen (secondary N) is 1. The van der Waals surface area contributed by atoms with Gasteiger partial charge in [-0.3, -0.25) is 10.1 Å². The van der Waals surface area contributed by atoms with Gasteiger partial charge in [-0.2, -0.15) is 0 Å². The van der Waals surface area contributed by atoms with Crippen LogP contribution in [0.2, 0.25) is 0 Å². The van der Waals surface area contributed by atoms with Crippen molar-refractivity contribution in [1.29, 1.82) is 0 Å². The third-order valence-corrected chi connectivity index (χ3v) is 2.16. The van der Waals surface area contributed by atoms with Crippen LogP contribution in [-0.4, -0.2) is 26.7 Å². The molecule has 1 heterocycles. The Hall–Kier alpha value is -1.08. The molecule has 0 aliphatic carbocycles. The van der Waals surface area contributed by atoms with Gasteiger partial charge >= 0.3 is 0 Å². The Kier molecular flexibility index (Phi) is 4.41. The lowest BCUT2D eigenvalue weighted by Crippen LogP contribution is -2.26. The van der Waals surface area contributed by atoms with E-state index >= 15 is 0 Å². The van der Waals surface area contributed by atoms with Gasteiger partial charge in [0.25, 0.3) is 0 Å². The molecule has 0 fully saturated rings. The molecule has 0 aromatic carbocycles. The highest BCUT2D eigenvalue weighted by molar-refractivity contribution is 7.09. The SMILES string of the molecule is CCCC(N)CC(=O)Nc1nnns1. The molecule has 0 saturated heterocycles. The third kappa shape index (κ3) is 3.75. The maximum Gasteiger partial charge on any atom is 0.231 e. The summed E-state index contributed by atoms with van der Waals surface area (Å²) in [6.45, 7) is 2.03. The Morgan fingerprint density at radius 3 is 3.07 bits per heavy atom. The van der Waals surface area contributed by atoms with E-state index in [0.717, 1.165) is 24.4 Å². The summed E-state index contributed by atoms with van der Waals surface area (Å²) in [6.07, 6.45) is 2.14. The molecule has 0 saturated carbocycles. The van der Waals surface area contributed by atoms with Crippen molar-refractivity contribution in [3.05, 3.63) is 0 Å². The zero-order chi connectivity index (χ0) is 10.4. The monoisotopic (exact) mass is 215 g/mol. The second-order valence-electron chi connectivity index (χ2n) is 2.97. The van der Waals surface area contributed by atoms with Gasteiger partial charge in [0.1, 0.15) is 0 Å². The van der Waals surface area contributed by atoms with Crippen LogP contribution in [0, 0.1) is 0 Å². The summed E-state index contributed by atoms with van der Waals surface area (Å²) < 4.78 is 3.53. The van der Waals surface area contributed by atoms with Crippen LogP contribution < -0.4 is 11.1 Å². The van der Waals surface area contributed by atoms with Crippen LogP contribution in [0.1, 0.15) is 26.2 Å². The Bertz CT molecular complexity index is 276. The van der Waals surface area contributed by atoms with E-state index in [2.05, 4.69) is 20.1 Å². The van der Waals surface area contributed by atoms with E-state index in [9.17, 15) is 4.79 Å². The van der Waals surface area contributed by atoms with Gasteiger partial charge < -0.3 is 5.73 Å². The van der Waals surface area contributed by atoms with Crippen molar-refractivity contribution in [3.8, 4) is 0 Å². The molecule has 0 bridgehead atoms. The molecule has 1 atom stereocenters. The number of carbonyl (C=O) groups is 1. The fourth-order valence-corrected chi connectivity index (χ4v) is 1.45. The van der Waals surface area contributed by atoms with E-state index in [-0.39, 0.29) is 11.9 Å². The quantitative estimate of drug-likeness (QED) is 0.741. The van der Waals surface area contributed by atoms with Crippen molar-refractivity contribution in [1.82, 2.24) is 14.8 Å². The van der Waals surface area contributed by atoms with Gasteiger partial charge in [0.2, 0.25) is 11.0 Å². The smallest absolute Gasteiger partial charge is 0.231 e. The predicted molar refractivity (Wildman–Crippen MR) is 53.8 cm³/mol. The molecular weight excluding hydrogens is 202 g/mol. The Labute approximate surface area is 86.0 Å². The van der Waals surface area contributed by atoms with Gasteiger partial charge in [-0.05, 0) is 11.6 Å². The van der Waals surface area contributed by atoms with E-state index in [0.29, 0.717) is 11.6 Å². The van der Waals surface area contributed by atoms with Crippen LogP contribution in [0.15, 0.2) is 0 Å². The van der Waals surface area contributed by atoms with Crippen LogP contribution in [0.5, 0.6) is 0 Å². The highest BCUT2D eigenvalue weighted by atomic mass is 32.1. The van der Waals surface area contributed by atoms with Gasteiger partial charge in [0, 0.05) is 24.0 Å². The topological polar surface area (TPSA) is 93.8 Å². The number of hydrogen-bond donors (Lipinski definition) is 2. The van der Waals surface area contributed by atoms with Crippen molar-refractivity contribution >= 4 is 22.6 Å². The van der Waals surface area contributed by atoms with E-state index in [1.807, 2.05) is 6.92 Å². The van der Waals surface area contributed by atoms with Crippen LogP contribution in [0.4, 0.5) is 5.13 Å². The molecule has 1 rings (SSSR count). The van der Waals surface area contributed by atoms with Gasteiger partial charge in [-0.25, -0.2) is 0 Å². The first kappa shape index (κ1) is 11.0. The van der Waals surface area contributed by atoms with Gasteiger partial charge in [0.15, 0.2) is 0 Å². The molecule has 7 heteroatoms.